The molecule has 1 heterocycles. The Kier molecular flexibility index (Phi) is 8.67. The molecule has 1 rings (SSSR count). The maximum Gasteiger partial charge on any atom is 1.00 e. The summed E-state index contributed by atoms with van der Waals surface area (Å²) in [5.74, 6) is -1.91. The van der Waals surface area contributed by atoms with E-state index in [1.807, 2.05) is 0 Å². The van der Waals surface area contributed by atoms with Crippen LogP contribution in [0.2, 0.25) is 0 Å². The minimum Gasteiger partial charge on any atom is -1.00 e. The van der Waals surface area contributed by atoms with Gasteiger partial charge in [0.2, 0.25) is 11.8 Å². The number of nitrogens with two attached hydrogens (primary N) is 1. The van der Waals surface area contributed by atoms with Crippen molar-refractivity contribution in [2.45, 2.75) is 24.9 Å². The summed E-state index contributed by atoms with van der Waals surface area (Å²) in [6.07, 6.45) is 1.24. The van der Waals surface area contributed by atoms with Crippen molar-refractivity contribution in [3.8, 4) is 0 Å². The number of hydrogen-bond acceptors (Lipinski definition) is 5. The molecule has 0 aromatic rings. The molecule has 7 nitrogen and oxygen atoms in total. The molecule has 0 aromatic heterocycles. The SMILES string of the molecule is NCC(=O)N1CCC[C@H]1C(=O)N[C@@H](CS)C(=O)O.[H-].[Na+]. The van der Waals surface area contributed by atoms with Gasteiger partial charge in [-0.25, -0.2) is 4.79 Å². The van der Waals surface area contributed by atoms with Crippen molar-refractivity contribution >= 4 is 30.4 Å². The van der Waals surface area contributed by atoms with Gasteiger partial charge >= 0.3 is 35.5 Å². The van der Waals surface area contributed by atoms with Gasteiger partial charge in [-0.2, -0.15) is 12.6 Å². The summed E-state index contributed by atoms with van der Waals surface area (Å²) in [5.41, 5.74) is 5.26. The number of nitrogens with one attached hydrogen (secondary N) is 1. The molecule has 2 amide bonds. The average molecular weight is 299 g/mol. The fraction of sp³-hybridized carbons (Fsp3) is 0.700. The van der Waals surface area contributed by atoms with Crippen molar-refractivity contribution in [1.29, 1.82) is 0 Å². The molecule has 1 fully saturated rings. The van der Waals surface area contributed by atoms with Crippen molar-refractivity contribution in [3.63, 3.8) is 0 Å². The molecular formula is C10H18N3NaO4S. The summed E-state index contributed by atoms with van der Waals surface area (Å²) < 4.78 is 0. The normalized spacial score (nSPS) is 19.5. The van der Waals surface area contributed by atoms with Crippen LogP contribution in [0.5, 0.6) is 0 Å². The van der Waals surface area contributed by atoms with E-state index in [9.17, 15) is 14.4 Å². The molecule has 1 aliphatic rings. The van der Waals surface area contributed by atoms with Gasteiger partial charge in [-0.1, -0.05) is 0 Å². The van der Waals surface area contributed by atoms with Gasteiger partial charge in [0.05, 0.1) is 6.54 Å². The Morgan fingerprint density at radius 1 is 1.53 bits per heavy atom. The van der Waals surface area contributed by atoms with E-state index in [4.69, 9.17) is 10.8 Å². The first-order chi connectivity index (χ1) is 8.51. The molecule has 9 heteroatoms. The molecule has 2 atom stereocenters. The Morgan fingerprint density at radius 2 is 2.16 bits per heavy atom. The number of amides is 2. The average Bonchev–Trinajstić information content (AvgIpc) is 2.83. The summed E-state index contributed by atoms with van der Waals surface area (Å²) in [6.45, 7) is 0.325. The fourth-order valence-corrected chi connectivity index (χ4v) is 2.16. The first-order valence-corrected chi connectivity index (χ1v) is 6.28. The third-order valence-corrected chi connectivity index (χ3v) is 3.21. The van der Waals surface area contributed by atoms with Crippen LogP contribution in [-0.4, -0.2) is 58.7 Å². The fourth-order valence-electron chi connectivity index (χ4n) is 1.91. The van der Waals surface area contributed by atoms with E-state index in [1.165, 1.54) is 4.90 Å². The molecule has 0 aromatic carbocycles. The summed E-state index contributed by atoms with van der Waals surface area (Å²) in [5, 5.41) is 11.2. The topological polar surface area (TPSA) is 113 Å². The van der Waals surface area contributed by atoms with Crippen LogP contribution in [0.4, 0.5) is 0 Å². The van der Waals surface area contributed by atoms with Gasteiger partial charge in [0.15, 0.2) is 0 Å². The molecule has 0 saturated carbocycles. The Hall–Kier alpha value is -0.280. The number of aliphatic carboxylic acids is 1. The van der Waals surface area contributed by atoms with E-state index in [1.54, 1.807) is 0 Å². The monoisotopic (exact) mass is 299 g/mol. The Labute approximate surface area is 140 Å². The molecule has 0 aliphatic carbocycles. The standard InChI is InChI=1S/C10H17N3O4S.Na.H/c11-4-8(14)13-3-1-2-7(13)9(15)12-6(5-18)10(16)17;;/h6-7,18H,1-5,11H2,(H,12,15)(H,16,17);;/q;+1;-1/t6-,7-;;/m0../s1. The van der Waals surface area contributed by atoms with Crippen LogP contribution in [0.3, 0.4) is 0 Å². The summed E-state index contributed by atoms with van der Waals surface area (Å²) in [4.78, 5) is 35.6. The Bertz CT molecular complexity index is 361. The van der Waals surface area contributed by atoms with Crippen molar-refractivity contribution in [2.24, 2.45) is 5.73 Å². The smallest absolute Gasteiger partial charge is 1.00 e. The van der Waals surface area contributed by atoms with Gasteiger partial charge in [-0.3, -0.25) is 9.59 Å². The van der Waals surface area contributed by atoms with Crippen molar-refractivity contribution < 1.29 is 50.5 Å². The van der Waals surface area contributed by atoms with E-state index in [-0.39, 0.29) is 49.2 Å². The molecule has 0 bridgehead atoms. The Balaban J connectivity index is 0. The molecule has 0 unspecified atom stereocenters. The van der Waals surface area contributed by atoms with Crippen LogP contribution in [0.1, 0.15) is 14.3 Å². The van der Waals surface area contributed by atoms with E-state index in [0.29, 0.717) is 19.4 Å². The maximum absolute atomic E-state index is 11.9. The van der Waals surface area contributed by atoms with Crippen LogP contribution < -0.4 is 40.6 Å². The number of nitrogens with zero attached hydrogens (tertiary/aromatic N) is 1. The van der Waals surface area contributed by atoms with Gasteiger partial charge < -0.3 is 22.5 Å². The summed E-state index contributed by atoms with van der Waals surface area (Å²) in [6, 6.07) is -1.67. The van der Waals surface area contributed by atoms with Gasteiger partial charge in [-0.05, 0) is 12.8 Å². The zero-order valence-electron chi connectivity index (χ0n) is 11.8. The van der Waals surface area contributed by atoms with Gasteiger partial charge in [0.1, 0.15) is 12.1 Å². The third-order valence-electron chi connectivity index (χ3n) is 2.85. The predicted molar refractivity (Wildman–Crippen MR) is 68.3 cm³/mol. The number of hydrogen-bond donors (Lipinski definition) is 4. The second-order valence-corrected chi connectivity index (χ2v) is 4.40. The van der Waals surface area contributed by atoms with E-state index in [0.717, 1.165) is 0 Å². The van der Waals surface area contributed by atoms with Gasteiger partial charge in [0.25, 0.3) is 0 Å². The number of carbonyl (C=O) groups excluding carboxylic acids is 2. The molecule has 104 valence electrons. The second-order valence-electron chi connectivity index (χ2n) is 4.03. The van der Waals surface area contributed by atoms with E-state index < -0.39 is 24.0 Å². The van der Waals surface area contributed by atoms with Gasteiger partial charge in [-0.15, -0.1) is 0 Å². The molecule has 4 N–H and O–H groups in total. The molecule has 1 aliphatic heterocycles. The van der Waals surface area contributed by atoms with Crippen molar-refractivity contribution in [2.75, 3.05) is 18.8 Å². The molecule has 1 saturated heterocycles. The first-order valence-electron chi connectivity index (χ1n) is 5.64. The van der Waals surface area contributed by atoms with Gasteiger partial charge in [0, 0.05) is 12.3 Å². The van der Waals surface area contributed by atoms with Crippen LogP contribution in [0.15, 0.2) is 0 Å². The first kappa shape index (κ1) is 18.7. The number of rotatable bonds is 5. The molecule has 0 radical (unpaired) electrons. The second kappa shape index (κ2) is 8.80. The quantitative estimate of drug-likeness (QED) is 0.302. The molecule has 0 spiro atoms. The number of carboxylic acids is 1. The van der Waals surface area contributed by atoms with Crippen molar-refractivity contribution in [3.05, 3.63) is 0 Å². The number of thiol groups is 1. The van der Waals surface area contributed by atoms with Crippen LogP contribution in [0.25, 0.3) is 0 Å². The summed E-state index contributed by atoms with van der Waals surface area (Å²) >= 11 is 3.86. The van der Waals surface area contributed by atoms with E-state index in [2.05, 4.69) is 17.9 Å². The molecule has 19 heavy (non-hydrogen) atoms. The number of carbonyl (C=O) groups is 3. The third kappa shape index (κ3) is 4.96. The predicted octanol–water partition coefficient (Wildman–Crippen LogP) is -4.45. The Morgan fingerprint density at radius 3 is 2.63 bits per heavy atom. The van der Waals surface area contributed by atoms with Crippen LogP contribution in [0, 0.1) is 0 Å². The zero-order valence-corrected chi connectivity index (χ0v) is 13.7. The minimum atomic E-state index is -1.15. The number of likely N-dealkylation sites (tertiary alicyclic amines) is 1. The maximum atomic E-state index is 11.9. The van der Waals surface area contributed by atoms with Crippen molar-refractivity contribution in [1.82, 2.24) is 10.2 Å². The van der Waals surface area contributed by atoms with Crippen LogP contribution >= 0.6 is 12.6 Å². The largest absolute Gasteiger partial charge is 1.00 e. The minimum absolute atomic E-state index is 0. The number of carboxylic acid groups (broad SMARTS) is 1. The molecular weight excluding hydrogens is 281 g/mol. The van der Waals surface area contributed by atoms with Crippen LogP contribution in [-0.2, 0) is 14.4 Å². The zero-order chi connectivity index (χ0) is 13.7. The van der Waals surface area contributed by atoms with E-state index >= 15 is 0 Å². The summed E-state index contributed by atoms with van der Waals surface area (Å²) in [7, 11) is 0.